The molecule has 0 N–H and O–H groups in total. The van der Waals surface area contributed by atoms with Gasteiger partial charge in [-0.15, -0.1) is 0 Å². The van der Waals surface area contributed by atoms with Crippen molar-refractivity contribution in [1.82, 2.24) is 9.88 Å². The van der Waals surface area contributed by atoms with Crippen LogP contribution in [-0.4, -0.2) is 37.8 Å². The van der Waals surface area contributed by atoms with Gasteiger partial charge in [-0.25, -0.2) is 4.98 Å². The maximum Gasteiger partial charge on any atom is 0.387 e. The van der Waals surface area contributed by atoms with E-state index in [0.717, 1.165) is 16.9 Å². The van der Waals surface area contributed by atoms with Crippen molar-refractivity contribution in [3.05, 3.63) is 60.1 Å². The second-order valence-corrected chi connectivity index (χ2v) is 6.38. The van der Waals surface area contributed by atoms with Crippen molar-refractivity contribution in [3.63, 3.8) is 0 Å². The Morgan fingerprint density at radius 1 is 1.00 bits per heavy atom. The van der Waals surface area contributed by atoms with E-state index in [2.05, 4.69) is 9.72 Å². The molecule has 0 aliphatic rings. The molecule has 8 heteroatoms. The van der Waals surface area contributed by atoms with Crippen molar-refractivity contribution in [2.75, 3.05) is 21.3 Å². The summed E-state index contributed by atoms with van der Waals surface area (Å²) in [7, 11) is 4.94. The summed E-state index contributed by atoms with van der Waals surface area (Å²) in [6.45, 7) is -1.87. The predicted octanol–water partition coefficient (Wildman–Crippen LogP) is 4.59. The molecule has 0 saturated carbocycles. The van der Waals surface area contributed by atoms with Crippen molar-refractivity contribution in [2.24, 2.45) is 0 Å². The SMILES string of the molecule is COc1ccc(-c2cnc(CN(C)Cc3ccc(OC(F)F)c(OC)c3)o2)cc1. The molecule has 0 saturated heterocycles. The minimum atomic E-state index is -2.90. The summed E-state index contributed by atoms with van der Waals surface area (Å²) in [5.41, 5.74) is 1.79. The minimum absolute atomic E-state index is 0.00531. The lowest BCUT2D eigenvalue weighted by molar-refractivity contribution is -0.0512. The molecule has 0 aliphatic heterocycles. The highest BCUT2D eigenvalue weighted by Crippen LogP contribution is 2.30. The predicted molar refractivity (Wildman–Crippen MR) is 103 cm³/mol. The van der Waals surface area contributed by atoms with Gasteiger partial charge in [-0.3, -0.25) is 4.90 Å². The van der Waals surface area contributed by atoms with Gasteiger partial charge in [-0.05, 0) is 49.0 Å². The number of benzene rings is 2. The quantitative estimate of drug-likeness (QED) is 0.520. The summed E-state index contributed by atoms with van der Waals surface area (Å²) in [5.74, 6) is 2.28. The van der Waals surface area contributed by atoms with Gasteiger partial charge in [0.1, 0.15) is 5.75 Å². The number of hydrogen-bond donors (Lipinski definition) is 0. The van der Waals surface area contributed by atoms with Gasteiger partial charge in [0, 0.05) is 12.1 Å². The minimum Gasteiger partial charge on any atom is -0.497 e. The molecule has 0 unspecified atom stereocenters. The molecule has 0 radical (unpaired) electrons. The van der Waals surface area contributed by atoms with Gasteiger partial charge in [-0.1, -0.05) is 6.07 Å². The number of ether oxygens (including phenoxy) is 3. The van der Waals surface area contributed by atoms with Crippen LogP contribution in [0.25, 0.3) is 11.3 Å². The Labute approximate surface area is 167 Å². The van der Waals surface area contributed by atoms with E-state index in [-0.39, 0.29) is 11.5 Å². The van der Waals surface area contributed by atoms with E-state index in [1.54, 1.807) is 25.4 Å². The van der Waals surface area contributed by atoms with Crippen molar-refractivity contribution < 1.29 is 27.4 Å². The van der Waals surface area contributed by atoms with Crippen LogP contribution >= 0.6 is 0 Å². The zero-order valence-corrected chi connectivity index (χ0v) is 16.4. The van der Waals surface area contributed by atoms with E-state index in [1.165, 1.54) is 13.2 Å². The van der Waals surface area contributed by atoms with Gasteiger partial charge < -0.3 is 18.6 Å². The molecular formula is C21H22F2N2O4. The molecule has 0 bridgehead atoms. The molecule has 3 aromatic rings. The van der Waals surface area contributed by atoms with E-state index in [9.17, 15) is 8.78 Å². The molecule has 29 heavy (non-hydrogen) atoms. The van der Waals surface area contributed by atoms with E-state index >= 15 is 0 Å². The highest BCUT2D eigenvalue weighted by Gasteiger charge is 2.13. The molecule has 154 valence electrons. The monoisotopic (exact) mass is 404 g/mol. The van der Waals surface area contributed by atoms with Crippen molar-refractivity contribution >= 4 is 0 Å². The van der Waals surface area contributed by atoms with E-state index in [4.69, 9.17) is 13.9 Å². The van der Waals surface area contributed by atoms with Crippen LogP contribution in [0.15, 0.2) is 53.1 Å². The molecule has 2 aromatic carbocycles. The van der Waals surface area contributed by atoms with Crippen LogP contribution in [0.4, 0.5) is 8.78 Å². The molecule has 0 atom stereocenters. The first-order valence-electron chi connectivity index (χ1n) is 8.88. The van der Waals surface area contributed by atoms with Crippen LogP contribution in [0.5, 0.6) is 17.2 Å². The fourth-order valence-electron chi connectivity index (χ4n) is 2.87. The largest absolute Gasteiger partial charge is 0.497 e. The van der Waals surface area contributed by atoms with Gasteiger partial charge in [0.05, 0.1) is 27.0 Å². The summed E-state index contributed by atoms with van der Waals surface area (Å²) in [6, 6.07) is 12.4. The highest BCUT2D eigenvalue weighted by molar-refractivity contribution is 5.57. The first-order valence-corrected chi connectivity index (χ1v) is 8.88. The number of nitrogens with zero attached hydrogens (tertiary/aromatic N) is 2. The zero-order chi connectivity index (χ0) is 20.8. The molecule has 3 rings (SSSR count). The van der Waals surface area contributed by atoms with Gasteiger partial charge in [0.15, 0.2) is 17.3 Å². The molecular weight excluding hydrogens is 382 g/mol. The first-order chi connectivity index (χ1) is 14.0. The standard InChI is InChI=1S/C21H22F2N2O4/c1-25(12-14-4-9-17(29-21(22)23)18(10-14)27-3)13-20-24-11-19(28-20)15-5-7-16(26-2)8-6-15/h4-11,21H,12-13H2,1-3H3. The molecule has 1 aromatic heterocycles. The molecule has 0 fully saturated rings. The average Bonchev–Trinajstić information content (AvgIpc) is 3.17. The van der Waals surface area contributed by atoms with Crippen LogP contribution in [-0.2, 0) is 13.1 Å². The lowest BCUT2D eigenvalue weighted by atomic mass is 10.2. The summed E-state index contributed by atoms with van der Waals surface area (Å²) in [4.78, 5) is 6.32. The topological polar surface area (TPSA) is 57.0 Å². The number of oxazole rings is 1. The summed E-state index contributed by atoms with van der Waals surface area (Å²) >= 11 is 0. The Balaban J connectivity index is 1.63. The van der Waals surface area contributed by atoms with Gasteiger partial charge in [-0.2, -0.15) is 8.78 Å². The number of methoxy groups -OCH3 is 2. The van der Waals surface area contributed by atoms with Crippen LogP contribution < -0.4 is 14.2 Å². The maximum absolute atomic E-state index is 12.4. The second kappa shape index (κ2) is 9.38. The van der Waals surface area contributed by atoms with Gasteiger partial charge in [0.2, 0.25) is 5.89 Å². The van der Waals surface area contributed by atoms with Crippen LogP contribution in [0.2, 0.25) is 0 Å². The average molecular weight is 404 g/mol. The van der Waals surface area contributed by atoms with E-state index in [1.807, 2.05) is 36.2 Å². The number of rotatable bonds is 9. The Morgan fingerprint density at radius 3 is 2.41 bits per heavy atom. The van der Waals surface area contributed by atoms with Crippen LogP contribution in [0.3, 0.4) is 0 Å². The fourth-order valence-corrected chi connectivity index (χ4v) is 2.87. The summed E-state index contributed by atoms with van der Waals surface area (Å²) in [6.07, 6.45) is 1.69. The second-order valence-electron chi connectivity index (χ2n) is 6.38. The number of alkyl halides is 2. The fraction of sp³-hybridized carbons (Fsp3) is 0.286. The Morgan fingerprint density at radius 2 is 1.76 bits per heavy atom. The third-order valence-corrected chi connectivity index (χ3v) is 4.23. The molecule has 0 aliphatic carbocycles. The number of aromatic nitrogens is 1. The van der Waals surface area contributed by atoms with Crippen molar-refractivity contribution in [2.45, 2.75) is 19.7 Å². The Bertz CT molecular complexity index is 929. The molecule has 1 heterocycles. The Kier molecular flexibility index (Phi) is 6.66. The smallest absolute Gasteiger partial charge is 0.387 e. The maximum atomic E-state index is 12.4. The van der Waals surface area contributed by atoms with Crippen molar-refractivity contribution in [1.29, 1.82) is 0 Å². The van der Waals surface area contributed by atoms with Crippen LogP contribution in [0.1, 0.15) is 11.5 Å². The normalized spacial score (nSPS) is 11.1. The van der Waals surface area contributed by atoms with Crippen LogP contribution in [0, 0.1) is 0 Å². The summed E-state index contributed by atoms with van der Waals surface area (Å²) < 4.78 is 45.5. The number of hydrogen-bond acceptors (Lipinski definition) is 6. The molecule has 0 amide bonds. The van der Waals surface area contributed by atoms with Crippen molar-refractivity contribution in [3.8, 4) is 28.6 Å². The number of halogens is 2. The zero-order valence-electron chi connectivity index (χ0n) is 16.4. The third kappa shape index (κ3) is 5.45. The van der Waals surface area contributed by atoms with E-state index in [0.29, 0.717) is 24.7 Å². The highest BCUT2D eigenvalue weighted by atomic mass is 19.3. The lowest BCUT2D eigenvalue weighted by Crippen LogP contribution is -2.17. The summed E-state index contributed by atoms with van der Waals surface area (Å²) in [5, 5.41) is 0. The first kappa shape index (κ1) is 20.6. The van der Waals surface area contributed by atoms with Gasteiger partial charge in [0.25, 0.3) is 0 Å². The Hall–Kier alpha value is -3.13. The molecule has 6 nitrogen and oxygen atoms in total. The lowest BCUT2D eigenvalue weighted by Gasteiger charge is -2.16. The molecule has 0 spiro atoms. The van der Waals surface area contributed by atoms with E-state index < -0.39 is 6.61 Å². The van der Waals surface area contributed by atoms with Gasteiger partial charge >= 0.3 is 6.61 Å². The third-order valence-electron chi connectivity index (χ3n) is 4.23.